The molecular formula is C20H32N4O2. The first-order valence-electron chi connectivity index (χ1n) is 9.47. The molecule has 2 N–H and O–H groups in total. The van der Waals surface area contributed by atoms with Crippen LogP contribution < -0.4 is 10.6 Å². The van der Waals surface area contributed by atoms with Crippen molar-refractivity contribution in [3.63, 3.8) is 0 Å². The van der Waals surface area contributed by atoms with Crippen LogP contribution in [-0.4, -0.2) is 56.3 Å². The molecule has 1 saturated heterocycles. The second kappa shape index (κ2) is 10.0. The van der Waals surface area contributed by atoms with E-state index >= 15 is 0 Å². The van der Waals surface area contributed by atoms with Crippen molar-refractivity contribution in [2.75, 3.05) is 33.3 Å². The highest BCUT2D eigenvalue weighted by Gasteiger charge is 2.23. The molecule has 2 rings (SSSR count). The van der Waals surface area contributed by atoms with Gasteiger partial charge in [0.15, 0.2) is 5.96 Å². The number of amides is 1. The van der Waals surface area contributed by atoms with Gasteiger partial charge in [0, 0.05) is 38.1 Å². The molecule has 0 aliphatic carbocycles. The van der Waals surface area contributed by atoms with Gasteiger partial charge in [-0.25, -0.2) is 4.79 Å². The van der Waals surface area contributed by atoms with Gasteiger partial charge in [0.1, 0.15) is 0 Å². The Kier molecular flexibility index (Phi) is 7.75. The molecule has 1 aromatic carbocycles. The quantitative estimate of drug-likeness (QED) is 0.626. The van der Waals surface area contributed by atoms with Gasteiger partial charge < -0.3 is 20.3 Å². The van der Waals surface area contributed by atoms with E-state index in [1.807, 2.05) is 0 Å². The predicted octanol–water partition coefficient (Wildman–Crippen LogP) is 2.88. The van der Waals surface area contributed by atoms with Crippen molar-refractivity contribution in [1.82, 2.24) is 15.5 Å². The number of nitrogens with one attached hydrogen (secondary N) is 2. The maximum absolute atomic E-state index is 11.6. The summed E-state index contributed by atoms with van der Waals surface area (Å²) in [4.78, 5) is 18.1. The van der Waals surface area contributed by atoms with Crippen molar-refractivity contribution in [1.29, 1.82) is 0 Å². The number of methoxy groups -OCH3 is 1. The summed E-state index contributed by atoms with van der Waals surface area (Å²) in [6.45, 7) is 9.38. The van der Waals surface area contributed by atoms with E-state index in [1.54, 1.807) is 4.90 Å². The van der Waals surface area contributed by atoms with Crippen molar-refractivity contribution in [2.45, 2.75) is 45.6 Å². The molecular weight excluding hydrogens is 328 g/mol. The molecule has 6 heteroatoms. The molecule has 0 saturated carbocycles. The Morgan fingerprint density at radius 2 is 2.12 bits per heavy atom. The molecule has 144 valence electrons. The number of piperidine rings is 1. The number of carbonyl (C=O) groups is 1. The number of aliphatic imine (C=N–C) groups is 1. The Morgan fingerprint density at radius 3 is 2.73 bits per heavy atom. The van der Waals surface area contributed by atoms with E-state index in [9.17, 15) is 4.79 Å². The Bertz CT molecular complexity index is 610. The van der Waals surface area contributed by atoms with Crippen molar-refractivity contribution >= 4 is 12.1 Å². The van der Waals surface area contributed by atoms with Gasteiger partial charge in [-0.2, -0.15) is 0 Å². The maximum Gasteiger partial charge on any atom is 0.409 e. The minimum atomic E-state index is -0.240. The lowest BCUT2D eigenvalue weighted by molar-refractivity contribution is 0.111. The van der Waals surface area contributed by atoms with E-state index in [-0.39, 0.29) is 6.09 Å². The van der Waals surface area contributed by atoms with Crippen LogP contribution in [0.2, 0.25) is 0 Å². The van der Waals surface area contributed by atoms with Crippen LogP contribution in [0.4, 0.5) is 4.79 Å². The lowest BCUT2D eigenvalue weighted by atomic mass is 10.00. The van der Waals surface area contributed by atoms with Gasteiger partial charge in [-0.05, 0) is 32.3 Å². The number of ether oxygens (including phenoxy) is 1. The Balaban J connectivity index is 1.89. The molecule has 1 heterocycles. The summed E-state index contributed by atoms with van der Waals surface area (Å²) >= 11 is 0. The summed E-state index contributed by atoms with van der Waals surface area (Å²) in [6.07, 6.45) is 1.55. The molecule has 1 aromatic rings. The van der Waals surface area contributed by atoms with E-state index in [2.05, 4.69) is 55.7 Å². The first-order chi connectivity index (χ1) is 12.5. The predicted molar refractivity (Wildman–Crippen MR) is 106 cm³/mol. The third-order valence-electron chi connectivity index (χ3n) is 4.75. The largest absolute Gasteiger partial charge is 0.453 e. The standard InChI is InChI=1S/C20H32N4O2/c1-5-21-19(22-14-16(3)17-8-6-7-15(2)13-17)23-18-9-11-24(12-10-18)20(25)26-4/h6-8,13,16,18H,5,9-12,14H2,1-4H3,(H2,21,22,23). The fourth-order valence-corrected chi connectivity index (χ4v) is 3.16. The fraction of sp³-hybridized carbons (Fsp3) is 0.600. The molecule has 6 nitrogen and oxygen atoms in total. The summed E-state index contributed by atoms with van der Waals surface area (Å²) in [5, 5.41) is 6.84. The highest BCUT2D eigenvalue weighted by molar-refractivity contribution is 5.80. The highest BCUT2D eigenvalue weighted by Crippen LogP contribution is 2.17. The van der Waals surface area contributed by atoms with Gasteiger partial charge in [-0.1, -0.05) is 36.8 Å². The van der Waals surface area contributed by atoms with E-state index < -0.39 is 0 Å². The summed E-state index contributed by atoms with van der Waals surface area (Å²) < 4.78 is 4.79. The average Bonchev–Trinajstić information content (AvgIpc) is 2.66. The van der Waals surface area contributed by atoms with Gasteiger partial charge in [-0.15, -0.1) is 0 Å². The van der Waals surface area contributed by atoms with Crippen molar-refractivity contribution in [2.24, 2.45) is 4.99 Å². The Labute approximate surface area is 157 Å². The van der Waals surface area contributed by atoms with Crippen LogP contribution in [-0.2, 0) is 4.74 Å². The third kappa shape index (κ3) is 5.93. The van der Waals surface area contributed by atoms with Crippen LogP contribution in [0.15, 0.2) is 29.3 Å². The van der Waals surface area contributed by atoms with Crippen molar-refractivity contribution < 1.29 is 9.53 Å². The molecule has 1 unspecified atom stereocenters. The van der Waals surface area contributed by atoms with Crippen LogP contribution in [0.5, 0.6) is 0 Å². The molecule has 0 aromatic heterocycles. The normalized spacial score (nSPS) is 16.9. The second-order valence-corrected chi connectivity index (χ2v) is 6.91. The number of nitrogens with zero attached hydrogens (tertiary/aromatic N) is 2. The van der Waals surface area contributed by atoms with Crippen molar-refractivity contribution in [3.8, 4) is 0 Å². The van der Waals surface area contributed by atoms with E-state index in [1.165, 1.54) is 18.2 Å². The molecule has 0 spiro atoms. The molecule has 0 bridgehead atoms. The number of hydrogen-bond donors (Lipinski definition) is 2. The lowest BCUT2D eigenvalue weighted by Gasteiger charge is -2.32. The minimum absolute atomic E-state index is 0.240. The first kappa shape index (κ1) is 20.1. The van der Waals surface area contributed by atoms with Gasteiger partial charge in [0.05, 0.1) is 7.11 Å². The van der Waals surface area contributed by atoms with Crippen LogP contribution >= 0.6 is 0 Å². The number of rotatable bonds is 5. The second-order valence-electron chi connectivity index (χ2n) is 6.91. The highest BCUT2D eigenvalue weighted by atomic mass is 16.5. The Morgan fingerprint density at radius 1 is 1.38 bits per heavy atom. The van der Waals surface area contributed by atoms with Crippen molar-refractivity contribution in [3.05, 3.63) is 35.4 Å². The zero-order valence-corrected chi connectivity index (χ0v) is 16.4. The smallest absolute Gasteiger partial charge is 0.409 e. The van der Waals surface area contributed by atoms with E-state index in [4.69, 9.17) is 9.73 Å². The number of likely N-dealkylation sites (tertiary alicyclic amines) is 1. The van der Waals surface area contributed by atoms with Gasteiger partial charge >= 0.3 is 6.09 Å². The monoisotopic (exact) mass is 360 g/mol. The summed E-state index contributed by atoms with van der Waals surface area (Å²) in [5.74, 6) is 1.22. The number of aryl methyl sites for hydroxylation is 1. The zero-order valence-electron chi connectivity index (χ0n) is 16.4. The molecule has 1 fully saturated rings. The number of benzene rings is 1. The first-order valence-corrected chi connectivity index (χ1v) is 9.47. The Hall–Kier alpha value is -2.24. The molecule has 1 aliphatic heterocycles. The molecule has 26 heavy (non-hydrogen) atoms. The fourth-order valence-electron chi connectivity index (χ4n) is 3.16. The third-order valence-corrected chi connectivity index (χ3v) is 4.75. The topological polar surface area (TPSA) is 66.0 Å². The summed E-state index contributed by atoms with van der Waals surface area (Å²) in [7, 11) is 1.43. The summed E-state index contributed by atoms with van der Waals surface area (Å²) in [5.41, 5.74) is 2.59. The maximum atomic E-state index is 11.6. The van der Waals surface area contributed by atoms with Crippen LogP contribution in [0.1, 0.15) is 43.7 Å². The summed E-state index contributed by atoms with van der Waals surface area (Å²) in [6, 6.07) is 8.93. The van der Waals surface area contributed by atoms with Crippen LogP contribution in [0.25, 0.3) is 0 Å². The zero-order chi connectivity index (χ0) is 18.9. The van der Waals surface area contributed by atoms with E-state index in [0.29, 0.717) is 25.0 Å². The van der Waals surface area contributed by atoms with Gasteiger partial charge in [-0.3, -0.25) is 4.99 Å². The van der Waals surface area contributed by atoms with E-state index in [0.717, 1.165) is 31.9 Å². The SMILES string of the molecule is CCNC(=NCC(C)c1cccc(C)c1)NC1CCN(C(=O)OC)CC1. The average molecular weight is 361 g/mol. The van der Waals surface area contributed by atoms with Crippen LogP contribution in [0, 0.1) is 6.92 Å². The van der Waals surface area contributed by atoms with Crippen LogP contribution in [0.3, 0.4) is 0 Å². The van der Waals surface area contributed by atoms with Gasteiger partial charge in [0.25, 0.3) is 0 Å². The minimum Gasteiger partial charge on any atom is -0.453 e. The lowest BCUT2D eigenvalue weighted by Crippen LogP contribution is -2.49. The molecule has 0 radical (unpaired) electrons. The molecule has 1 amide bonds. The van der Waals surface area contributed by atoms with Gasteiger partial charge in [0.2, 0.25) is 0 Å². The number of carbonyl (C=O) groups excluding carboxylic acids is 1. The number of guanidine groups is 1. The molecule has 1 atom stereocenters. The molecule has 1 aliphatic rings. The number of hydrogen-bond acceptors (Lipinski definition) is 3.